The number of para-hydroxylation sites is 2. The molecule has 0 unspecified atom stereocenters. The molecule has 0 saturated carbocycles. The number of benzene rings is 1. The van der Waals surface area contributed by atoms with Gasteiger partial charge in [-0.25, -0.2) is 9.97 Å². The SMILES string of the molecule is O=C(Cc1csc(-c2cccs2)n1)N1CCCC[C@@H]1c1nc2ccccc2o1. The smallest absolute Gasteiger partial charge is 0.229 e. The Morgan fingerprint density at radius 3 is 2.93 bits per heavy atom. The number of aromatic nitrogens is 2. The van der Waals surface area contributed by atoms with Gasteiger partial charge < -0.3 is 9.32 Å². The highest BCUT2D eigenvalue weighted by Crippen LogP contribution is 2.33. The molecule has 1 fully saturated rings. The molecule has 5 nitrogen and oxygen atoms in total. The van der Waals surface area contributed by atoms with E-state index in [2.05, 4.69) is 16.0 Å². The zero-order valence-electron chi connectivity index (χ0n) is 15.2. The zero-order valence-corrected chi connectivity index (χ0v) is 16.8. The fourth-order valence-corrected chi connectivity index (χ4v) is 5.31. The third-order valence-electron chi connectivity index (χ3n) is 5.03. The Labute approximate surface area is 170 Å². The fraction of sp³-hybridized carbons (Fsp3) is 0.286. The van der Waals surface area contributed by atoms with Gasteiger partial charge in [-0.05, 0) is 42.8 Å². The van der Waals surface area contributed by atoms with Gasteiger partial charge in [-0.15, -0.1) is 22.7 Å². The highest BCUT2D eigenvalue weighted by Gasteiger charge is 2.31. The lowest BCUT2D eigenvalue weighted by Crippen LogP contribution is -2.39. The van der Waals surface area contributed by atoms with Crippen LogP contribution in [-0.4, -0.2) is 27.3 Å². The molecule has 1 atom stereocenters. The van der Waals surface area contributed by atoms with Crippen molar-refractivity contribution >= 4 is 39.7 Å². The first kappa shape index (κ1) is 17.6. The molecule has 7 heteroatoms. The Balaban J connectivity index is 1.36. The predicted octanol–water partition coefficient (Wildman–Crippen LogP) is 5.31. The molecule has 1 amide bonds. The normalized spacial score (nSPS) is 17.3. The maximum absolute atomic E-state index is 13.1. The Morgan fingerprint density at radius 2 is 2.07 bits per heavy atom. The molecule has 0 radical (unpaired) electrons. The van der Waals surface area contributed by atoms with Crippen LogP contribution in [0.25, 0.3) is 21.0 Å². The van der Waals surface area contributed by atoms with E-state index >= 15 is 0 Å². The molecule has 0 bridgehead atoms. The van der Waals surface area contributed by atoms with Gasteiger partial charge in [0.2, 0.25) is 11.8 Å². The number of carbonyl (C=O) groups is 1. The van der Waals surface area contributed by atoms with Crippen molar-refractivity contribution in [2.45, 2.75) is 31.7 Å². The van der Waals surface area contributed by atoms with Crippen LogP contribution in [0.3, 0.4) is 0 Å². The molecule has 1 aliphatic rings. The van der Waals surface area contributed by atoms with Gasteiger partial charge in [0.1, 0.15) is 16.6 Å². The van der Waals surface area contributed by atoms with Gasteiger partial charge in [-0.1, -0.05) is 18.2 Å². The molecular weight excluding hydrogens is 390 g/mol. The number of piperidine rings is 1. The molecule has 0 spiro atoms. The van der Waals surface area contributed by atoms with Crippen LogP contribution in [0.15, 0.2) is 51.6 Å². The first-order valence-electron chi connectivity index (χ1n) is 9.41. The topological polar surface area (TPSA) is 59.2 Å². The van der Waals surface area contributed by atoms with Crippen molar-refractivity contribution in [2.75, 3.05) is 6.54 Å². The van der Waals surface area contributed by atoms with Crippen LogP contribution in [0.2, 0.25) is 0 Å². The van der Waals surface area contributed by atoms with Gasteiger partial charge in [-0.3, -0.25) is 4.79 Å². The van der Waals surface area contributed by atoms with E-state index in [0.29, 0.717) is 12.3 Å². The van der Waals surface area contributed by atoms with Crippen molar-refractivity contribution in [1.82, 2.24) is 14.9 Å². The van der Waals surface area contributed by atoms with E-state index in [1.807, 2.05) is 46.0 Å². The number of thiazole rings is 1. The summed E-state index contributed by atoms with van der Waals surface area (Å²) in [4.78, 5) is 25.5. The number of hydrogen-bond donors (Lipinski definition) is 0. The van der Waals surface area contributed by atoms with Gasteiger partial charge in [0, 0.05) is 11.9 Å². The monoisotopic (exact) mass is 409 g/mol. The molecule has 4 aromatic rings. The number of amides is 1. The summed E-state index contributed by atoms with van der Waals surface area (Å²) in [6, 6.07) is 11.7. The minimum atomic E-state index is -0.0935. The van der Waals surface area contributed by atoms with Crippen molar-refractivity contribution < 1.29 is 9.21 Å². The minimum absolute atomic E-state index is 0.0926. The number of nitrogens with zero attached hydrogens (tertiary/aromatic N) is 3. The summed E-state index contributed by atoms with van der Waals surface area (Å²) >= 11 is 3.26. The van der Waals surface area contributed by atoms with Crippen LogP contribution in [0.5, 0.6) is 0 Å². The Kier molecular flexibility index (Phi) is 4.70. The summed E-state index contributed by atoms with van der Waals surface area (Å²) < 4.78 is 5.97. The zero-order chi connectivity index (χ0) is 18.9. The van der Waals surface area contributed by atoms with Gasteiger partial charge in [0.05, 0.1) is 17.0 Å². The van der Waals surface area contributed by atoms with Crippen LogP contribution in [-0.2, 0) is 11.2 Å². The van der Waals surface area contributed by atoms with Crippen molar-refractivity contribution in [2.24, 2.45) is 0 Å². The van der Waals surface area contributed by atoms with Crippen molar-refractivity contribution in [3.05, 3.63) is 58.7 Å². The number of hydrogen-bond acceptors (Lipinski definition) is 6. The highest BCUT2D eigenvalue weighted by molar-refractivity contribution is 7.20. The first-order valence-corrected chi connectivity index (χ1v) is 11.2. The average molecular weight is 410 g/mol. The lowest BCUT2D eigenvalue weighted by molar-refractivity contribution is -0.134. The van der Waals surface area contributed by atoms with Gasteiger partial charge in [-0.2, -0.15) is 0 Å². The van der Waals surface area contributed by atoms with Gasteiger partial charge in [0.25, 0.3) is 0 Å². The molecule has 1 saturated heterocycles. The molecule has 4 heterocycles. The third-order valence-corrected chi connectivity index (χ3v) is 6.96. The van der Waals surface area contributed by atoms with E-state index in [4.69, 9.17) is 4.42 Å². The van der Waals surface area contributed by atoms with Crippen LogP contribution in [0.1, 0.15) is 36.9 Å². The van der Waals surface area contributed by atoms with Crippen molar-refractivity contribution in [3.8, 4) is 9.88 Å². The van der Waals surface area contributed by atoms with E-state index in [1.165, 1.54) is 0 Å². The molecule has 0 N–H and O–H groups in total. The summed E-state index contributed by atoms with van der Waals surface area (Å²) in [5.74, 6) is 0.738. The van der Waals surface area contributed by atoms with Crippen LogP contribution in [0.4, 0.5) is 0 Å². The Hall–Kier alpha value is -2.51. The molecular formula is C21H19N3O2S2. The van der Waals surface area contributed by atoms with E-state index < -0.39 is 0 Å². The summed E-state index contributed by atoms with van der Waals surface area (Å²) in [6.07, 6.45) is 3.29. The van der Waals surface area contributed by atoms with Gasteiger partial charge >= 0.3 is 0 Å². The van der Waals surface area contributed by atoms with E-state index in [9.17, 15) is 4.79 Å². The average Bonchev–Trinajstić information content (AvgIpc) is 3.47. The predicted molar refractivity (Wildman–Crippen MR) is 111 cm³/mol. The first-order chi connectivity index (χ1) is 13.8. The number of likely N-dealkylation sites (tertiary alicyclic amines) is 1. The molecule has 28 heavy (non-hydrogen) atoms. The quantitative estimate of drug-likeness (QED) is 0.458. The fourth-order valence-electron chi connectivity index (χ4n) is 3.68. The number of carbonyl (C=O) groups excluding carboxylic acids is 1. The number of oxazole rings is 1. The molecule has 1 aliphatic heterocycles. The highest BCUT2D eigenvalue weighted by atomic mass is 32.1. The number of thiophene rings is 1. The summed E-state index contributed by atoms with van der Waals surface area (Å²) in [5.41, 5.74) is 2.45. The Bertz CT molecular complexity index is 1070. The largest absolute Gasteiger partial charge is 0.438 e. The maximum Gasteiger partial charge on any atom is 0.229 e. The molecule has 5 rings (SSSR count). The van der Waals surface area contributed by atoms with Crippen LogP contribution in [0, 0.1) is 0 Å². The van der Waals surface area contributed by atoms with Crippen molar-refractivity contribution in [1.29, 1.82) is 0 Å². The van der Waals surface area contributed by atoms with E-state index in [0.717, 1.165) is 52.5 Å². The number of rotatable bonds is 4. The molecule has 142 valence electrons. The maximum atomic E-state index is 13.1. The van der Waals surface area contributed by atoms with Crippen molar-refractivity contribution in [3.63, 3.8) is 0 Å². The van der Waals surface area contributed by atoms with E-state index in [-0.39, 0.29) is 11.9 Å². The second-order valence-corrected chi connectivity index (χ2v) is 8.72. The second kappa shape index (κ2) is 7.48. The molecule has 0 aliphatic carbocycles. The van der Waals surface area contributed by atoms with Crippen LogP contribution >= 0.6 is 22.7 Å². The lowest BCUT2D eigenvalue weighted by Gasteiger charge is -2.33. The van der Waals surface area contributed by atoms with Crippen LogP contribution < -0.4 is 0 Å². The summed E-state index contributed by atoms with van der Waals surface area (Å²) in [6.45, 7) is 0.740. The standard InChI is InChI=1S/C21H19N3O2S2/c25-19(12-14-13-28-21(22-14)18-9-5-11-27-18)24-10-4-3-7-16(24)20-23-15-6-1-2-8-17(15)26-20/h1-2,5-6,8-9,11,13,16H,3-4,7,10,12H2/t16-/m1/s1. The summed E-state index contributed by atoms with van der Waals surface area (Å²) in [7, 11) is 0. The number of fused-ring (bicyclic) bond motifs is 1. The minimum Gasteiger partial charge on any atom is -0.438 e. The lowest BCUT2D eigenvalue weighted by atomic mass is 10.0. The van der Waals surface area contributed by atoms with E-state index in [1.54, 1.807) is 22.7 Å². The Morgan fingerprint density at radius 1 is 1.14 bits per heavy atom. The second-order valence-electron chi connectivity index (χ2n) is 6.92. The molecule has 1 aromatic carbocycles. The summed E-state index contributed by atoms with van der Waals surface area (Å²) in [5, 5.41) is 5.01. The third kappa shape index (κ3) is 3.36. The van der Waals surface area contributed by atoms with Gasteiger partial charge in [0.15, 0.2) is 5.58 Å². The molecule has 3 aromatic heterocycles.